The third-order valence-electron chi connectivity index (χ3n) is 4.72. The number of ether oxygens (including phenoxy) is 1. The molecule has 1 aromatic heterocycles. The third-order valence-corrected chi connectivity index (χ3v) is 4.72. The van der Waals surface area contributed by atoms with Crippen LogP contribution in [0.5, 0.6) is 5.75 Å². The van der Waals surface area contributed by atoms with Gasteiger partial charge in [0, 0.05) is 18.5 Å². The molecule has 7 heteroatoms. The molecular weight excluding hydrogens is 350 g/mol. The first-order valence-electron chi connectivity index (χ1n) is 9.12. The molecule has 0 saturated heterocycles. The SMILES string of the molecule is Cc1cc(O[C@@H](C)C(=O)NCCCC(=O)O)c2c3c(c(=O)oc2c1)CCC3. The molecule has 1 atom stereocenters. The minimum absolute atomic E-state index is 0.00318. The molecule has 3 rings (SSSR count). The van der Waals surface area contributed by atoms with Crippen molar-refractivity contribution in [2.75, 3.05) is 6.54 Å². The molecule has 1 aliphatic rings. The van der Waals surface area contributed by atoms with Gasteiger partial charge in [0.25, 0.3) is 5.91 Å². The Kier molecular flexibility index (Phi) is 5.48. The molecule has 7 nitrogen and oxygen atoms in total. The highest BCUT2D eigenvalue weighted by Crippen LogP contribution is 2.35. The van der Waals surface area contributed by atoms with Crippen molar-refractivity contribution in [3.8, 4) is 5.75 Å². The fourth-order valence-corrected chi connectivity index (χ4v) is 3.44. The van der Waals surface area contributed by atoms with Crippen LogP contribution in [0.3, 0.4) is 0 Å². The van der Waals surface area contributed by atoms with E-state index >= 15 is 0 Å². The number of carbonyl (C=O) groups excluding carboxylic acids is 1. The van der Waals surface area contributed by atoms with Crippen molar-refractivity contribution in [3.05, 3.63) is 39.2 Å². The molecular formula is C20H23NO6. The lowest BCUT2D eigenvalue weighted by atomic mass is 10.0. The van der Waals surface area contributed by atoms with E-state index in [2.05, 4.69) is 5.32 Å². The normalized spacial score (nSPS) is 14.0. The second-order valence-corrected chi connectivity index (χ2v) is 6.88. The van der Waals surface area contributed by atoms with Crippen molar-refractivity contribution in [3.63, 3.8) is 0 Å². The molecule has 1 aromatic carbocycles. The van der Waals surface area contributed by atoms with Gasteiger partial charge in [0.15, 0.2) is 6.10 Å². The zero-order valence-electron chi connectivity index (χ0n) is 15.5. The third kappa shape index (κ3) is 4.13. The molecule has 0 spiro atoms. The van der Waals surface area contributed by atoms with E-state index in [0.717, 1.165) is 29.4 Å². The topological polar surface area (TPSA) is 106 Å². The van der Waals surface area contributed by atoms with Crippen LogP contribution in [-0.4, -0.2) is 29.6 Å². The Morgan fingerprint density at radius 1 is 1.30 bits per heavy atom. The molecule has 0 radical (unpaired) electrons. The minimum Gasteiger partial charge on any atom is -0.481 e. The first kappa shape index (κ1) is 18.9. The molecule has 0 aliphatic heterocycles. The summed E-state index contributed by atoms with van der Waals surface area (Å²) in [6, 6.07) is 3.65. The number of benzene rings is 1. The van der Waals surface area contributed by atoms with Crippen molar-refractivity contribution < 1.29 is 23.8 Å². The lowest BCUT2D eigenvalue weighted by molar-refractivity contribution is -0.137. The summed E-state index contributed by atoms with van der Waals surface area (Å²) in [7, 11) is 0. The number of carboxylic acids is 1. The van der Waals surface area contributed by atoms with Crippen LogP contribution in [0.4, 0.5) is 0 Å². The fourth-order valence-electron chi connectivity index (χ4n) is 3.44. The van der Waals surface area contributed by atoms with Gasteiger partial charge in [0.1, 0.15) is 11.3 Å². The second-order valence-electron chi connectivity index (χ2n) is 6.88. The van der Waals surface area contributed by atoms with Gasteiger partial charge in [0.2, 0.25) is 0 Å². The van der Waals surface area contributed by atoms with Gasteiger partial charge in [-0.3, -0.25) is 9.59 Å². The zero-order valence-corrected chi connectivity index (χ0v) is 15.5. The molecule has 1 amide bonds. The summed E-state index contributed by atoms with van der Waals surface area (Å²) < 4.78 is 11.4. The molecule has 2 aromatic rings. The first-order valence-corrected chi connectivity index (χ1v) is 9.12. The van der Waals surface area contributed by atoms with Crippen LogP contribution >= 0.6 is 0 Å². The molecule has 0 bridgehead atoms. The van der Waals surface area contributed by atoms with Crippen LogP contribution in [0.1, 0.15) is 42.9 Å². The summed E-state index contributed by atoms with van der Waals surface area (Å²) in [6.45, 7) is 3.79. The summed E-state index contributed by atoms with van der Waals surface area (Å²) in [4.78, 5) is 34.9. The number of hydrogen-bond donors (Lipinski definition) is 2. The zero-order chi connectivity index (χ0) is 19.6. The van der Waals surface area contributed by atoms with Crippen molar-refractivity contribution in [1.82, 2.24) is 5.32 Å². The summed E-state index contributed by atoms with van der Waals surface area (Å²) in [5, 5.41) is 12.1. The van der Waals surface area contributed by atoms with Crippen molar-refractivity contribution in [2.24, 2.45) is 0 Å². The van der Waals surface area contributed by atoms with Gasteiger partial charge in [-0.15, -0.1) is 0 Å². The summed E-state index contributed by atoms with van der Waals surface area (Å²) in [5.74, 6) is -0.681. The van der Waals surface area contributed by atoms with Gasteiger partial charge in [0.05, 0.1) is 5.39 Å². The van der Waals surface area contributed by atoms with E-state index in [0.29, 0.717) is 29.7 Å². The smallest absolute Gasteiger partial charge is 0.339 e. The maximum Gasteiger partial charge on any atom is 0.339 e. The van der Waals surface area contributed by atoms with Gasteiger partial charge >= 0.3 is 11.6 Å². The Morgan fingerprint density at radius 2 is 2.04 bits per heavy atom. The van der Waals surface area contributed by atoms with E-state index in [1.807, 2.05) is 13.0 Å². The number of carboxylic acid groups (broad SMARTS) is 1. The van der Waals surface area contributed by atoms with Crippen LogP contribution in [0.25, 0.3) is 11.0 Å². The Labute approximate surface area is 156 Å². The van der Waals surface area contributed by atoms with Crippen molar-refractivity contribution in [1.29, 1.82) is 0 Å². The van der Waals surface area contributed by atoms with Crippen LogP contribution in [-0.2, 0) is 22.4 Å². The molecule has 27 heavy (non-hydrogen) atoms. The fraction of sp³-hybridized carbons (Fsp3) is 0.450. The van der Waals surface area contributed by atoms with Gasteiger partial charge in [-0.05, 0) is 62.8 Å². The number of aryl methyl sites for hydroxylation is 2. The summed E-state index contributed by atoms with van der Waals surface area (Å²) in [6.07, 6.45) is 1.98. The molecule has 0 unspecified atom stereocenters. The second kappa shape index (κ2) is 7.82. The van der Waals surface area contributed by atoms with Crippen LogP contribution in [0.15, 0.2) is 21.3 Å². The monoisotopic (exact) mass is 373 g/mol. The minimum atomic E-state index is -0.893. The number of amides is 1. The maximum atomic E-state index is 12.2. The van der Waals surface area contributed by atoms with Gasteiger partial charge < -0.3 is 19.6 Å². The molecule has 2 N–H and O–H groups in total. The average molecular weight is 373 g/mol. The quantitative estimate of drug-likeness (QED) is 0.570. The predicted molar refractivity (Wildman–Crippen MR) is 99.2 cm³/mol. The van der Waals surface area contributed by atoms with Gasteiger partial charge in [-0.2, -0.15) is 0 Å². The average Bonchev–Trinajstić information content (AvgIpc) is 3.08. The Balaban J connectivity index is 1.82. The van der Waals surface area contributed by atoms with E-state index in [4.69, 9.17) is 14.3 Å². The van der Waals surface area contributed by atoms with Gasteiger partial charge in [-0.25, -0.2) is 4.79 Å². The van der Waals surface area contributed by atoms with E-state index in [1.165, 1.54) is 0 Å². The van der Waals surface area contributed by atoms with Crippen molar-refractivity contribution >= 4 is 22.8 Å². The van der Waals surface area contributed by atoms with E-state index in [1.54, 1.807) is 13.0 Å². The lowest BCUT2D eigenvalue weighted by Gasteiger charge is -2.17. The number of fused-ring (bicyclic) bond motifs is 3. The first-order chi connectivity index (χ1) is 12.9. The Morgan fingerprint density at radius 3 is 2.78 bits per heavy atom. The standard InChI is InChI=1S/C20H23NO6/c1-11-9-15(26-12(2)19(24)21-8-4-7-17(22)23)18-13-5-3-6-14(13)20(25)27-16(18)10-11/h9-10,12H,3-8H2,1-2H3,(H,21,24)(H,22,23)/t12-/m0/s1. The molecule has 144 valence electrons. The molecule has 0 fully saturated rings. The van der Waals surface area contributed by atoms with E-state index in [-0.39, 0.29) is 24.5 Å². The highest BCUT2D eigenvalue weighted by atomic mass is 16.5. The van der Waals surface area contributed by atoms with Crippen LogP contribution in [0, 0.1) is 6.92 Å². The number of aliphatic carboxylic acids is 1. The number of carbonyl (C=O) groups is 2. The highest BCUT2D eigenvalue weighted by Gasteiger charge is 2.24. The van der Waals surface area contributed by atoms with E-state index < -0.39 is 12.1 Å². The Bertz CT molecular complexity index is 946. The maximum absolute atomic E-state index is 12.2. The lowest BCUT2D eigenvalue weighted by Crippen LogP contribution is -2.37. The molecule has 1 heterocycles. The van der Waals surface area contributed by atoms with Crippen LogP contribution in [0.2, 0.25) is 0 Å². The number of rotatable bonds is 7. The van der Waals surface area contributed by atoms with Crippen LogP contribution < -0.4 is 15.7 Å². The highest BCUT2D eigenvalue weighted by molar-refractivity contribution is 5.89. The summed E-state index contributed by atoms with van der Waals surface area (Å²) in [5.41, 5.74) is 2.69. The largest absolute Gasteiger partial charge is 0.481 e. The van der Waals surface area contributed by atoms with Crippen molar-refractivity contribution in [2.45, 2.75) is 52.1 Å². The number of nitrogens with one attached hydrogen (secondary N) is 1. The predicted octanol–water partition coefficient (Wildman–Crippen LogP) is 2.34. The number of hydrogen-bond acceptors (Lipinski definition) is 5. The summed E-state index contributed by atoms with van der Waals surface area (Å²) >= 11 is 0. The Hall–Kier alpha value is -2.83. The van der Waals surface area contributed by atoms with E-state index in [9.17, 15) is 14.4 Å². The van der Waals surface area contributed by atoms with Gasteiger partial charge in [-0.1, -0.05) is 0 Å². The molecule has 0 saturated carbocycles. The molecule has 1 aliphatic carbocycles.